The highest BCUT2D eigenvalue weighted by Crippen LogP contribution is 2.15. The first-order valence-electron chi connectivity index (χ1n) is 6.48. The molecule has 0 aliphatic rings. The molecule has 2 N–H and O–H groups in total. The number of halogens is 2. The first-order chi connectivity index (χ1) is 10.4. The van der Waals surface area contributed by atoms with Crippen LogP contribution in [0.2, 0.25) is 0 Å². The van der Waals surface area contributed by atoms with Crippen LogP contribution in [0, 0.1) is 0 Å². The molecule has 0 aliphatic carbocycles. The third kappa shape index (κ3) is 6.49. The molecule has 122 valence electrons. The van der Waals surface area contributed by atoms with Gasteiger partial charge in [-0.1, -0.05) is 12.1 Å². The molecule has 1 atom stereocenters. The van der Waals surface area contributed by atoms with Gasteiger partial charge < -0.3 is 19.9 Å². The van der Waals surface area contributed by atoms with Crippen LogP contribution in [0.1, 0.15) is 12.0 Å². The van der Waals surface area contributed by atoms with Gasteiger partial charge in [0.1, 0.15) is 5.75 Å². The molecule has 6 nitrogen and oxygen atoms in total. The van der Waals surface area contributed by atoms with Crippen LogP contribution in [-0.2, 0) is 20.7 Å². The summed E-state index contributed by atoms with van der Waals surface area (Å²) in [4.78, 5) is 22.3. The number of hydrogen-bond donors (Lipinski definition) is 2. The monoisotopic (exact) mass is 317 g/mol. The van der Waals surface area contributed by atoms with Crippen molar-refractivity contribution in [1.29, 1.82) is 0 Å². The van der Waals surface area contributed by atoms with E-state index in [1.54, 1.807) is 12.1 Å². The standard InChI is InChI=1S/C14H17F2NO5/c1-21-11(13(19)20)8-17-12(18)7-4-9-2-5-10(6-3-9)22-14(15)16/h2-3,5-6,11,14H,4,7-8H2,1H3,(H,17,18)(H,19,20). The summed E-state index contributed by atoms with van der Waals surface area (Å²) in [5.41, 5.74) is 0.776. The summed E-state index contributed by atoms with van der Waals surface area (Å²) < 4.78 is 32.9. The number of carboxylic acid groups (broad SMARTS) is 1. The molecule has 1 rings (SSSR count). The topological polar surface area (TPSA) is 84.9 Å². The summed E-state index contributed by atoms with van der Waals surface area (Å²) in [5.74, 6) is -1.43. The Balaban J connectivity index is 2.36. The summed E-state index contributed by atoms with van der Waals surface area (Å²) in [6.07, 6.45) is -0.550. The van der Waals surface area contributed by atoms with Gasteiger partial charge in [0.25, 0.3) is 0 Å². The average molecular weight is 317 g/mol. The molecule has 1 amide bonds. The number of carboxylic acids is 1. The van der Waals surface area contributed by atoms with E-state index in [0.29, 0.717) is 6.42 Å². The number of alkyl halides is 2. The summed E-state index contributed by atoms with van der Waals surface area (Å²) >= 11 is 0. The number of nitrogens with one attached hydrogen (secondary N) is 1. The SMILES string of the molecule is COC(CNC(=O)CCc1ccc(OC(F)F)cc1)C(=O)O. The highest BCUT2D eigenvalue weighted by atomic mass is 19.3. The molecular weight excluding hydrogens is 300 g/mol. The lowest BCUT2D eigenvalue weighted by atomic mass is 10.1. The fourth-order valence-electron chi connectivity index (χ4n) is 1.66. The molecule has 1 aromatic rings. The van der Waals surface area contributed by atoms with Crippen molar-refractivity contribution >= 4 is 11.9 Å². The fraction of sp³-hybridized carbons (Fsp3) is 0.429. The van der Waals surface area contributed by atoms with Crippen molar-refractivity contribution in [3.8, 4) is 5.75 Å². The van der Waals surface area contributed by atoms with Gasteiger partial charge in [0.15, 0.2) is 6.10 Å². The van der Waals surface area contributed by atoms with Crippen molar-refractivity contribution in [3.63, 3.8) is 0 Å². The highest BCUT2D eigenvalue weighted by Gasteiger charge is 2.16. The molecule has 0 saturated carbocycles. The molecule has 0 radical (unpaired) electrons. The Morgan fingerprint density at radius 1 is 1.27 bits per heavy atom. The second kappa shape index (κ2) is 8.93. The molecule has 22 heavy (non-hydrogen) atoms. The predicted molar refractivity (Wildman–Crippen MR) is 72.8 cm³/mol. The number of aliphatic carboxylic acids is 1. The predicted octanol–water partition coefficient (Wildman–Crippen LogP) is 1.44. The number of carbonyl (C=O) groups is 2. The van der Waals surface area contributed by atoms with E-state index in [1.165, 1.54) is 19.2 Å². The molecule has 0 aromatic heterocycles. The number of methoxy groups -OCH3 is 1. The summed E-state index contributed by atoms with van der Waals surface area (Å²) in [6, 6.07) is 5.95. The van der Waals surface area contributed by atoms with Gasteiger partial charge in [0.2, 0.25) is 5.91 Å². The quantitative estimate of drug-likeness (QED) is 0.720. The van der Waals surface area contributed by atoms with Gasteiger partial charge in [0.05, 0.1) is 6.54 Å². The number of aryl methyl sites for hydroxylation is 1. The lowest BCUT2D eigenvalue weighted by Gasteiger charge is -2.11. The molecule has 0 fully saturated rings. The first kappa shape index (κ1) is 17.8. The van der Waals surface area contributed by atoms with Crippen molar-refractivity contribution < 1.29 is 33.0 Å². The zero-order valence-corrected chi connectivity index (χ0v) is 11.9. The molecule has 0 spiro atoms. The molecule has 0 saturated heterocycles. The second-order valence-corrected chi connectivity index (χ2v) is 4.39. The molecule has 1 aromatic carbocycles. The van der Waals surface area contributed by atoms with E-state index in [1.807, 2.05) is 0 Å². The van der Waals surface area contributed by atoms with Gasteiger partial charge >= 0.3 is 12.6 Å². The average Bonchev–Trinajstić information content (AvgIpc) is 2.46. The van der Waals surface area contributed by atoms with Crippen molar-refractivity contribution in [2.24, 2.45) is 0 Å². The second-order valence-electron chi connectivity index (χ2n) is 4.39. The van der Waals surface area contributed by atoms with Gasteiger partial charge in [0, 0.05) is 13.5 Å². The molecule has 0 aliphatic heterocycles. The van der Waals surface area contributed by atoms with Crippen LogP contribution in [0.5, 0.6) is 5.75 Å². The highest BCUT2D eigenvalue weighted by molar-refractivity contribution is 5.78. The number of ether oxygens (including phenoxy) is 2. The number of amides is 1. The maximum Gasteiger partial charge on any atom is 0.387 e. The lowest BCUT2D eigenvalue weighted by Crippen LogP contribution is -2.37. The smallest absolute Gasteiger partial charge is 0.387 e. The number of benzene rings is 1. The van der Waals surface area contributed by atoms with E-state index in [-0.39, 0.29) is 24.6 Å². The van der Waals surface area contributed by atoms with Crippen LogP contribution >= 0.6 is 0 Å². The fourth-order valence-corrected chi connectivity index (χ4v) is 1.66. The molecule has 1 unspecified atom stereocenters. The van der Waals surface area contributed by atoms with Gasteiger partial charge in [-0.2, -0.15) is 8.78 Å². The van der Waals surface area contributed by atoms with Gasteiger partial charge in [-0.05, 0) is 24.1 Å². The van der Waals surface area contributed by atoms with E-state index >= 15 is 0 Å². The third-order valence-electron chi connectivity index (χ3n) is 2.83. The Labute approximate surface area is 126 Å². The Hall–Kier alpha value is -2.22. The van der Waals surface area contributed by atoms with Crippen LogP contribution in [0.15, 0.2) is 24.3 Å². The normalized spacial score (nSPS) is 12.0. The van der Waals surface area contributed by atoms with E-state index < -0.39 is 18.7 Å². The summed E-state index contributed by atoms with van der Waals surface area (Å²) in [6.45, 7) is -2.99. The van der Waals surface area contributed by atoms with Gasteiger partial charge in [-0.15, -0.1) is 0 Å². The maximum atomic E-state index is 12.0. The van der Waals surface area contributed by atoms with E-state index in [9.17, 15) is 18.4 Å². The zero-order chi connectivity index (χ0) is 16.5. The first-order valence-corrected chi connectivity index (χ1v) is 6.48. The number of hydrogen-bond acceptors (Lipinski definition) is 4. The maximum absolute atomic E-state index is 12.0. The largest absolute Gasteiger partial charge is 0.479 e. The van der Waals surface area contributed by atoms with Crippen molar-refractivity contribution in [1.82, 2.24) is 5.32 Å². The Morgan fingerprint density at radius 3 is 2.41 bits per heavy atom. The van der Waals surface area contributed by atoms with E-state index in [4.69, 9.17) is 5.11 Å². The Morgan fingerprint density at radius 2 is 1.91 bits per heavy atom. The minimum atomic E-state index is -2.88. The number of rotatable bonds is 9. The molecule has 0 bridgehead atoms. The molecule has 8 heteroatoms. The lowest BCUT2D eigenvalue weighted by molar-refractivity contribution is -0.148. The Bertz CT molecular complexity index is 493. The minimum absolute atomic E-state index is 0.0487. The minimum Gasteiger partial charge on any atom is -0.479 e. The van der Waals surface area contributed by atoms with Crippen LogP contribution in [0.25, 0.3) is 0 Å². The third-order valence-corrected chi connectivity index (χ3v) is 2.83. The van der Waals surface area contributed by atoms with E-state index in [2.05, 4.69) is 14.8 Å². The van der Waals surface area contributed by atoms with Crippen molar-refractivity contribution in [2.45, 2.75) is 25.6 Å². The van der Waals surface area contributed by atoms with Crippen LogP contribution in [0.3, 0.4) is 0 Å². The van der Waals surface area contributed by atoms with Crippen LogP contribution < -0.4 is 10.1 Å². The van der Waals surface area contributed by atoms with Crippen LogP contribution in [0.4, 0.5) is 8.78 Å². The van der Waals surface area contributed by atoms with Crippen LogP contribution in [-0.4, -0.2) is 43.4 Å². The number of carbonyl (C=O) groups excluding carboxylic acids is 1. The molecular formula is C14H17F2NO5. The molecule has 0 heterocycles. The van der Waals surface area contributed by atoms with E-state index in [0.717, 1.165) is 5.56 Å². The Kier molecular flexibility index (Phi) is 7.24. The summed E-state index contributed by atoms with van der Waals surface area (Å²) in [7, 11) is 1.24. The van der Waals surface area contributed by atoms with Gasteiger partial charge in [-0.25, -0.2) is 4.79 Å². The summed E-state index contributed by atoms with van der Waals surface area (Å²) in [5, 5.41) is 11.2. The zero-order valence-electron chi connectivity index (χ0n) is 11.9. The van der Waals surface area contributed by atoms with Crippen molar-refractivity contribution in [2.75, 3.05) is 13.7 Å². The van der Waals surface area contributed by atoms with Crippen molar-refractivity contribution in [3.05, 3.63) is 29.8 Å². The van der Waals surface area contributed by atoms with Gasteiger partial charge in [-0.3, -0.25) is 4.79 Å².